The standard InChI is InChI=1S/C23H18F3N3OS/c1-14(16-12-11-15-7-3-4-8-17(15)21(16)30-22(25)26)28-29-20(13-31-23(29)27-2)18-9-5-6-10-19(18)24/h3-13,22H,1-2H3/b27-23?,28-14-. The van der Waals surface area contributed by atoms with Crippen LogP contribution in [0, 0.1) is 5.82 Å². The molecular formula is C23H18F3N3OS. The van der Waals surface area contributed by atoms with Crippen LogP contribution < -0.4 is 9.54 Å². The second-order valence-corrected chi connectivity index (χ2v) is 7.48. The second-order valence-electron chi connectivity index (χ2n) is 6.65. The van der Waals surface area contributed by atoms with Crippen molar-refractivity contribution in [3.05, 3.63) is 82.2 Å². The number of hydrogen-bond donors (Lipinski definition) is 0. The molecule has 0 amide bonds. The Morgan fingerprint density at radius 2 is 1.77 bits per heavy atom. The van der Waals surface area contributed by atoms with Crippen molar-refractivity contribution in [2.45, 2.75) is 13.5 Å². The molecule has 0 spiro atoms. The minimum Gasteiger partial charge on any atom is -0.433 e. The van der Waals surface area contributed by atoms with Gasteiger partial charge in [0.1, 0.15) is 11.6 Å². The fraction of sp³-hybridized carbons (Fsp3) is 0.130. The third kappa shape index (κ3) is 4.11. The molecule has 4 aromatic rings. The zero-order valence-electron chi connectivity index (χ0n) is 16.7. The molecule has 1 aromatic heterocycles. The fourth-order valence-electron chi connectivity index (χ4n) is 3.35. The van der Waals surface area contributed by atoms with Gasteiger partial charge in [-0.25, -0.2) is 9.07 Å². The Labute approximate surface area is 180 Å². The first-order valence-corrected chi connectivity index (χ1v) is 10.3. The maximum absolute atomic E-state index is 14.4. The smallest absolute Gasteiger partial charge is 0.387 e. The number of thiazole rings is 1. The lowest BCUT2D eigenvalue weighted by atomic mass is 10.0. The van der Waals surface area contributed by atoms with Crippen LogP contribution in [0.15, 0.2) is 76.1 Å². The van der Waals surface area contributed by atoms with Crippen LogP contribution in [0.1, 0.15) is 12.5 Å². The Morgan fingerprint density at radius 3 is 2.52 bits per heavy atom. The minimum atomic E-state index is -2.98. The summed E-state index contributed by atoms with van der Waals surface area (Å²) in [6.45, 7) is -1.29. The molecule has 0 aliphatic rings. The Kier molecular flexibility index (Phi) is 5.90. The van der Waals surface area contributed by atoms with E-state index in [4.69, 9.17) is 4.74 Å². The van der Waals surface area contributed by atoms with Crippen molar-refractivity contribution in [3.8, 4) is 17.0 Å². The van der Waals surface area contributed by atoms with Crippen LogP contribution in [0.4, 0.5) is 13.2 Å². The van der Waals surface area contributed by atoms with E-state index in [0.717, 1.165) is 5.39 Å². The number of aromatic nitrogens is 1. The quantitative estimate of drug-likeness (QED) is 0.355. The van der Waals surface area contributed by atoms with Gasteiger partial charge in [-0.3, -0.25) is 4.99 Å². The molecular weight excluding hydrogens is 423 g/mol. The third-order valence-corrected chi connectivity index (χ3v) is 5.66. The minimum absolute atomic E-state index is 0.0487. The van der Waals surface area contributed by atoms with E-state index in [1.807, 2.05) is 18.2 Å². The van der Waals surface area contributed by atoms with E-state index in [1.54, 1.807) is 55.7 Å². The van der Waals surface area contributed by atoms with E-state index in [1.165, 1.54) is 22.1 Å². The van der Waals surface area contributed by atoms with Gasteiger partial charge in [-0.1, -0.05) is 42.5 Å². The number of ether oxygens (including phenoxy) is 1. The summed E-state index contributed by atoms with van der Waals surface area (Å²) in [6.07, 6.45) is 0. The molecule has 0 radical (unpaired) electrons. The molecule has 0 fully saturated rings. The van der Waals surface area contributed by atoms with E-state index in [0.29, 0.717) is 32.7 Å². The zero-order valence-corrected chi connectivity index (χ0v) is 17.5. The highest BCUT2D eigenvalue weighted by atomic mass is 32.1. The molecule has 0 N–H and O–H groups in total. The molecule has 0 atom stereocenters. The monoisotopic (exact) mass is 441 g/mol. The van der Waals surface area contributed by atoms with Gasteiger partial charge in [0.2, 0.25) is 4.80 Å². The Bertz CT molecular complexity index is 1340. The molecule has 0 aliphatic carbocycles. The van der Waals surface area contributed by atoms with Gasteiger partial charge in [0.15, 0.2) is 0 Å². The summed E-state index contributed by atoms with van der Waals surface area (Å²) >= 11 is 1.31. The van der Waals surface area contributed by atoms with Gasteiger partial charge in [-0.15, -0.1) is 11.3 Å². The van der Waals surface area contributed by atoms with Crippen molar-refractivity contribution in [3.63, 3.8) is 0 Å². The number of hydrogen-bond acceptors (Lipinski definition) is 4. The van der Waals surface area contributed by atoms with Crippen LogP contribution in [-0.2, 0) is 0 Å². The highest BCUT2D eigenvalue weighted by molar-refractivity contribution is 7.07. The molecule has 0 bridgehead atoms. The van der Waals surface area contributed by atoms with Gasteiger partial charge in [0.05, 0.1) is 11.4 Å². The van der Waals surface area contributed by atoms with E-state index in [9.17, 15) is 13.2 Å². The first kappa shape index (κ1) is 20.9. The lowest BCUT2D eigenvalue weighted by molar-refractivity contribution is -0.0489. The third-order valence-electron chi connectivity index (χ3n) is 4.75. The molecule has 1 heterocycles. The topological polar surface area (TPSA) is 38.9 Å². The first-order chi connectivity index (χ1) is 15.0. The second kappa shape index (κ2) is 8.77. The molecule has 31 heavy (non-hydrogen) atoms. The summed E-state index contributed by atoms with van der Waals surface area (Å²) in [7, 11) is 1.61. The molecule has 0 unspecified atom stereocenters. The molecule has 8 heteroatoms. The zero-order chi connectivity index (χ0) is 22.0. The summed E-state index contributed by atoms with van der Waals surface area (Å²) in [5.74, 6) is -0.343. The Hall–Kier alpha value is -3.39. The molecule has 4 rings (SSSR count). The van der Waals surface area contributed by atoms with Crippen molar-refractivity contribution in [2.24, 2.45) is 10.1 Å². The molecule has 3 aromatic carbocycles. The number of alkyl halides is 2. The van der Waals surface area contributed by atoms with Crippen molar-refractivity contribution < 1.29 is 17.9 Å². The predicted octanol–water partition coefficient (Wildman–Crippen LogP) is 5.91. The van der Waals surface area contributed by atoms with Crippen LogP contribution in [0.2, 0.25) is 0 Å². The predicted molar refractivity (Wildman–Crippen MR) is 117 cm³/mol. The van der Waals surface area contributed by atoms with Crippen molar-refractivity contribution in [1.29, 1.82) is 0 Å². The maximum atomic E-state index is 14.4. The average molecular weight is 441 g/mol. The summed E-state index contributed by atoms with van der Waals surface area (Å²) in [4.78, 5) is 4.75. The van der Waals surface area contributed by atoms with Crippen molar-refractivity contribution in [1.82, 2.24) is 4.68 Å². The van der Waals surface area contributed by atoms with E-state index >= 15 is 0 Å². The fourth-order valence-corrected chi connectivity index (χ4v) is 4.14. The lowest BCUT2D eigenvalue weighted by Gasteiger charge is -2.14. The van der Waals surface area contributed by atoms with Crippen molar-refractivity contribution >= 4 is 27.8 Å². The van der Waals surface area contributed by atoms with E-state index in [2.05, 4.69) is 10.1 Å². The lowest BCUT2D eigenvalue weighted by Crippen LogP contribution is -2.15. The van der Waals surface area contributed by atoms with Crippen LogP contribution >= 0.6 is 11.3 Å². The molecule has 158 valence electrons. The number of halogens is 3. The summed E-state index contributed by atoms with van der Waals surface area (Å²) in [6, 6.07) is 17.0. The van der Waals surface area contributed by atoms with E-state index < -0.39 is 12.4 Å². The van der Waals surface area contributed by atoms with Gasteiger partial charge in [-0.05, 0) is 30.5 Å². The molecule has 0 saturated heterocycles. The van der Waals surface area contributed by atoms with Crippen LogP contribution in [-0.4, -0.2) is 24.0 Å². The molecule has 4 nitrogen and oxygen atoms in total. The van der Waals surface area contributed by atoms with E-state index in [-0.39, 0.29) is 5.75 Å². The van der Waals surface area contributed by atoms with Crippen LogP contribution in [0.25, 0.3) is 22.0 Å². The summed E-state index contributed by atoms with van der Waals surface area (Å²) < 4.78 is 47.2. The highest BCUT2D eigenvalue weighted by Crippen LogP contribution is 2.32. The normalized spacial score (nSPS) is 12.7. The van der Waals surface area contributed by atoms with Gasteiger partial charge in [0, 0.05) is 28.9 Å². The Balaban J connectivity index is 1.91. The van der Waals surface area contributed by atoms with Gasteiger partial charge in [-0.2, -0.15) is 13.9 Å². The van der Waals surface area contributed by atoms with Gasteiger partial charge >= 0.3 is 6.61 Å². The molecule has 0 saturated carbocycles. The Morgan fingerprint density at radius 1 is 1.03 bits per heavy atom. The maximum Gasteiger partial charge on any atom is 0.387 e. The summed E-state index contributed by atoms with van der Waals surface area (Å²) in [5, 5.41) is 7.70. The number of fused-ring (bicyclic) bond motifs is 1. The average Bonchev–Trinajstić information content (AvgIpc) is 3.16. The van der Waals surface area contributed by atoms with Crippen LogP contribution in [0.3, 0.4) is 0 Å². The largest absolute Gasteiger partial charge is 0.433 e. The molecule has 0 aliphatic heterocycles. The number of benzene rings is 3. The number of rotatable bonds is 5. The van der Waals surface area contributed by atoms with Gasteiger partial charge < -0.3 is 4.74 Å². The number of nitrogens with zero attached hydrogens (tertiary/aromatic N) is 3. The summed E-state index contributed by atoms with van der Waals surface area (Å²) in [5.41, 5.74) is 1.72. The van der Waals surface area contributed by atoms with Crippen LogP contribution in [0.5, 0.6) is 5.75 Å². The highest BCUT2D eigenvalue weighted by Gasteiger charge is 2.17. The SMILES string of the molecule is CN=c1scc(-c2ccccc2F)n1/N=C(/C)c1ccc2ccccc2c1OC(F)F. The first-order valence-electron chi connectivity index (χ1n) is 9.40. The van der Waals surface area contributed by atoms with Crippen molar-refractivity contribution in [2.75, 3.05) is 7.05 Å². The van der Waals surface area contributed by atoms with Gasteiger partial charge in [0.25, 0.3) is 0 Å².